The van der Waals surface area contributed by atoms with Gasteiger partial charge in [-0.25, -0.2) is 13.1 Å². The van der Waals surface area contributed by atoms with Gasteiger partial charge in [-0.2, -0.15) is 0 Å². The Hall–Kier alpha value is -1.40. The first-order valence-corrected chi connectivity index (χ1v) is 9.90. The summed E-state index contributed by atoms with van der Waals surface area (Å²) < 4.78 is 27.0. The number of nitrogens with two attached hydrogens (primary N) is 1. The number of hydrogen-bond acceptors (Lipinski definition) is 3. The van der Waals surface area contributed by atoms with Gasteiger partial charge in [0.25, 0.3) is 0 Å². The van der Waals surface area contributed by atoms with Gasteiger partial charge in [-0.05, 0) is 67.6 Å². The SMILES string of the molecule is NCCCCc1ccc(CCNS(=O)(=O)c2ccc(Cl)cc2)cc1. The molecule has 4 nitrogen and oxygen atoms in total. The summed E-state index contributed by atoms with van der Waals surface area (Å²) in [4.78, 5) is 0.224. The van der Waals surface area contributed by atoms with E-state index in [4.69, 9.17) is 17.3 Å². The highest BCUT2D eigenvalue weighted by atomic mass is 35.5. The molecule has 0 fully saturated rings. The van der Waals surface area contributed by atoms with Crippen LogP contribution >= 0.6 is 11.6 Å². The van der Waals surface area contributed by atoms with Crippen molar-refractivity contribution in [2.75, 3.05) is 13.1 Å². The Kier molecular flexibility index (Phi) is 7.24. The number of rotatable bonds is 9. The third-order valence-electron chi connectivity index (χ3n) is 3.77. The van der Waals surface area contributed by atoms with Gasteiger partial charge < -0.3 is 5.73 Å². The topological polar surface area (TPSA) is 72.2 Å². The molecule has 2 aromatic rings. The van der Waals surface area contributed by atoms with E-state index in [0.29, 0.717) is 18.0 Å². The van der Waals surface area contributed by atoms with Crippen molar-refractivity contribution in [1.29, 1.82) is 0 Å². The molecule has 2 aromatic carbocycles. The van der Waals surface area contributed by atoms with Crippen LogP contribution in [0.3, 0.4) is 0 Å². The molecule has 0 bridgehead atoms. The quantitative estimate of drug-likeness (QED) is 0.669. The fraction of sp³-hybridized carbons (Fsp3) is 0.333. The molecule has 2 rings (SSSR count). The Bertz CT molecular complexity index is 729. The number of halogens is 1. The minimum Gasteiger partial charge on any atom is -0.330 e. The van der Waals surface area contributed by atoms with Crippen LogP contribution in [0.1, 0.15) is 24.0 Å². The summed E-state index contributed by atoms with van der Waals surface area (Å²) in [6.07, 6.45) is 3.81. The lowest BCUT2D eigenvalue weighted by Gasteiger charge is -2.08. The van der Waals surface area contributed by atoms with Crippen LogP contribution in [-0.2, 0) is 22.9 Å². The average Bonchev–Trinajstić information content (AvgIpc) is 2.57. The van der Waals surface area contributed by atoms with Gasteiger partial charge in [0.1, 0.15) is 0 Å². The maximum absolute atomic E-state index is 12.2. The number of benzene rings is 2. The highest BCUT2D eigenvalue weighted by molar-refractivity contribution is 7.89. The fourth-order valence-electron chi connectivity index (χ4n) is 2.37. The number of unbranched alkanes of at least 4 members (excludes halogenated alkanes) is 1. The van der Waals surface area contributed by atoms with Crippen LogP contribution in [0.2, 0.25) is 5.02 Å². The molecule has 0 spiro atoms. The molecule has 3 N–H and O–H groups in total. The van der Waals surface area contributed by atoms with Crippen molar-refractivity contribution in [1.82, 2.24) is 4.72 Å². The van der Waals surface area contributed by atoms with Gasteiger partial charge >= 0.3 is 0 Å². The van der Waals surface area contributed by atoms with Gasteiger partial charge in [-0.3, -0.25) is 0 Å². The molecule has 0 radical (unpaired) electrons. The lowest BCUT2D eigenvalue weighted by atomic mass is 10.0. The highest BCUT2D eigenvalue weighted by Crippen LogP contribution is 2.14. The smallest absolute Gasteiger partial charge is 0.240 e. The molecule has 0 aliphatic rings. The van der Waals surface area contributed by atoms with Crippen LogP contribution in [-0.4, -0.2) is 21.5 Å². The maximum atomic E-state index is 12.2. The normalized spacial score (nSPS) is 11.6. The van der Waals surface area contributed by atoms with E-state index in [1.807, 2.05) is 12.1 Å². The summed E-state index contributed by atoms with van der Waals surface area (Å²) in [5.41, 5.74) is 7.89. The van der Waals surface area contributed by atoms with Gasteiger partial charge in [0.15, 0.2) is 0 Å². The minimum atomic E-state index is -3.49. The van der Waals surface area contributed by atoms with E-state index in [9.17, 15) is 8.42 Å². The number of nitrogens with one attached hydrogen (secondary N) is 1. The van der Waals surface area contributed by atoms with Crippen molar-refractivity contribution in [3.63, 3.8) is 0 Å². The second kappa shape index (κ2) is 9.18. The maximum Gasteiger partial charge on any atom is 0.240 e. The van der Waals surface area contributed by atoms with Crippen molar-refractivity contribution in [2.24, 2.45) is 5.73 Å². The second-order valence-corrected chi connectivity index (χ2v) is 7.87. The Balaban J connectivity index is 1.84. The van der Waals surface area contributed by atoms with Crippen molar-refractivity contribution in [2.45, 2.75) is 30.6 Å². The molecule has 0 aliphatic heterocycles. The van der Waals surface area contributed by atoms with Crippen molar-refractivity contribution >= 4 is 21.6 Å². The summed E-state index contributed by atoms with van der Waals surface area (Å²) in [6.45, 7) is 1.09. The van der Waals surface area contributed by atoms with E-state index in [0.717, 1.165) is 31.4 Å². The van der Waals surface area contributed by atoms with Crippen LogP contribution < -0.4 is 10.5 Å². The molecule has 0 unspecified atom stereocenters. The molecule has 130 valence electrons. The van der Waals surface area contributed by atoms with Crippen LogP contribution in [0.15, 0.2) is 53.4 Å². The summed E-state index contributed by atoms with van der Waals surface area (Å²) in [7, 11) is -3.49. The second-order valence-electron chi connectivity index (χ2n) is 5.66. The molecule has 6 heteroatoms. The first kappa shape index (κ1) is 18.9. The third-order valence-corrected chi connectivity index (χ3v) is 5.50. The first-order chi connectivity index (χ1) is 11.5. The summed E-state index contributed by atoms with van der Waals surface area (Å²) >= 11 is 5.78. The molecule has 0 amide bonds. The summed E-state index contributed by atoms with van der Waals surface area (Å²) in [5.74, 6) is 0. The van der Waals surface area contributed by atoms with Crippen molar-refractivity contribution in [3.05, 3.63) is 64.7 Å². The zero-order chi connectivity index (χ0) is 17.4. The van der Waals surface area contributed by atoms with Crippen LogP contribution in [0.25, 0.3) is 0 Å². The van der Waals surface area contributed by atoms with Crippen LogP contribution in [0.5, 0.6) is 0 Å². The van der Waals surface area contributed by atoms with Crippen LogP contribution in [0, 0.1) is 0 Å². The molecule has 24 heavy (non-hydrogen) atoms. The Morgan fingerprint density at radius 1 is 0.875 bits per heavy atom. The van der Waals surface area contributed by atoms with Gasteiger partial charge in [-0.15, -0.1) is 0 Å². The Morgan fingerprint density at radius 3 is 2.04 bits per heavy atom. The zero-order valence-electron chi connectivity index (χ0n) is 13.5. The lowest BCUT2D eigenvalue weighted by molar-refractivity contribution is 0.581. The number of aryl methyl sites for hydroxylation is 1. The highest BCUT2D eigenvalue weighted by Gasteiger charge is 2.12. The number of hydrogen-bond donors (Lipinski definition) is 2. The largest absolute Gasteiger partial charge is 0.330 e. The molecule has 0 aromatic heterocycles. The summed E-state index contributed by atoms with van der Waals surface area (Å²) in [5, 5.41) is 0.514. The van der Waals surface area contributed by atoms with Crippen LogP contribution in [0.4, 0.5) is 0 Å². The van der Waals surface area contributed by atoms with Gasteiger partial charge in [0.05, 0.1) is 4.90 Å². The monoisotopic (exact) mass is 366 g/mol. The third kappa shape index (κ3) is 5.91. The average molecular weight is 367 g/mol. The van der Waals surface area contributed by atoms with Crippen molar-refractivity contribution < 1.29 is 8.42 Å². The van der Waals surface area contributed by atoms with E-state index in [-0.39, 0.29) is 4.90 Å². The van der Waals surface area contributed by atoms with Gasteiger partial charge in [0.2, 0.25) is 10.0 Å². The first-order valence-electron chi connectivity index (χ1n) is 8.04. The van der Waals surface area contributed by atoms with Gasteiger partial charge in [-0.1, -0.05) is 35.9 Å². The Labute approximate surface area is 149 Å². The van der Waals surface area contributed by atoms with E-state index in [2.05, 4.69) is 16.9 Å². The van der Waals surface area contributed by atoms with E-state index < -0.39 is 10.0 Å². The minimum absolute atomic E-state index is 0.224. The molecule has 0 atom stereocenters. The lowest BCUT2D eigenvalue weighted by Crippen LogP contribution is -2.25. The predicted molar refractivity (Wildman–Crippen MR) is 98.8 cm³/mol. The predicted octanol–water partition coefficient (Wildman–Crippen LogP) is 3.14. The zero-order valence-corrected chi connectivity index (χ0v) is 15.1. The molecule has 0 saturated heterocycles. The summed E-state index contributed by atoms with van der Waals surface area (Å²) in [6, 6.07) is 14.4. The van der Waals surface area contributed by atoms with E-state index in [1.165, 1.54) is 17.7 Å². The molecule has 0 heterocycles. The van der Waals surface area contributed by atoms with Crippen molar-refractivity contribution in [3.8, 4) is 0 Å². The molecule has 0 saturated carbocycles. The standard InChI is InChI=1S/C18H23ClN2O2S/c19-17-8-10-18(11-9-17)24(22,23)21-14-12-16-6-4-15(5-7-16)3-1-2-13-20/h4-11,21H,1-3,12-14,20H2. The van der Waals surface area contributed by atoms with Gasteiger partial charge in [0, 0.05) is 11.6 Å². The van der Waals surface area contributed by atoms with E-state index >= 15 is 0 Å². The molecular weight excluding hydrogens is 344 g/mol. The molecular formula is C18H23ClN2O2S. The number of sulfonamides is 1. The Morgan fingerprint density at radius 2 is 1.46 bits per heavy atom. The van der Waals surface area contributed by atoms with E-state index in [1.54, 1.807) is 12.1 Å². The molecule has 0 aliphatic carbocycles. The fourth-order valence-corrected chi connectivity index (χ4v) is 3.53.